The van der Waals surface area contributed by atoms with Gasteiger partial charge in [-0.2, -0.15) is 0 Å². The molecular weight excluding hydrogens is 333 g/mol. The average molecular weight is 352 g/mol. The monoisotopic (exact) mass is 351 g/mol. The van der Waals surface area contributed by atoms with E-state index in [0.717, 1.165) is 19.4 Å². The molecule has 5 nitrogen and oxygen atoms in total. The summed E-state index contributed by atoms with van der Waals surface area (Å²) in [6.45, 7) is 1.79. The van der Waals surface area contributed by atoms with Crippen LogP contribution in [0, 0.1) is 0 Å². The smallest absolute Gasteiger partial charge is 0.242 e. The van der Waals surface area contributed by atoms with Crippen LogP contribution in [0.4, 0.5) is 0 Å². The third-order valence-corrected chi connectivity index (χ3v) is 5.86. The van der Waals surface area contributed by atoms with Gasteiger partial charge in [0.15, 0.2) is 0 Å². The number of sulfonamides is 1. The number of rotatable bonds is 4. The first kappa shape index (κ1) is 17.0. The molecule has 0 bridgehead atoms. The number of nitrogens with zero attached hydrogens (tertiary/aromatic N) is 1. The van der Waals surface area contributed by atoms with Crippen molar-refractivity contribution in [3.05, 3.63) is 27.7 Å². The summed E-state index contributed by atoms with van der Waals surface area (Å²) in [4.78, 5) is 2.09. The topological polar surface area (TPSA) is 75.4 Å². The van der Waals surface area contributed by atoms with E-state index in [4.69, 9.17) is 28.9 Å². The molecule has 0 saturated carbocycles. The summed E-state index contributed by atoms with van der Waals surface area (Å²) in [5, 5.41) is 0.444. The lowest BCUT2D eigenvalue weighted by Gasteiger charge is -2.30. The molecule has 1 aromatic carbocycles. The summed E-state index contributed by atoms with van der Waals surface area (Å²) >= 11 is 12.1. The van der Waals surface area contributed by atoms with E-state index in [9.17, 15) is 8.42 Å². The van der Waals surface area contributed by atoms with Crippen LogP contribution in [0.25, 0.3) is 0 Å². The van der Waals surface area contributed by atoms with Gasteiger partial charge in [-0.05, 0) is 44.1 Å². The fourth-order valence-electron chi connectivity index (χ4n) is 2.51. The number of likely N-dealkylation sites (tertiary alicyclic amines) is 1. The van der Waals surface area contributed by atoms with Gasteiger partial charge >= 0.3 is 0 Å². The number of nitrogens with two attached hydrogens (primary N) is 1. The van der Waals surface area contributed by atoms with Gasteiger partial charge in [-0.1, -0.05) is 23.2 Å². The minimum Gasteiger partial charge on any atom is -0.326 e. The van der Waals surface area contributed by atoms with E-state index in [1.165, 1.54) is 6.07 Å². The first-order valence-corrected chi connectivity index (χ1v) is 8.96. The van der Waals surface area contributed by atoms with Crippen molar-refractivity contribution < 1.29 is 8.42 Å². The summed E-state index contributed by atoms with van der Waals surface area (Å²) in [5.74, 6) is 0. The molecule has 1 heterocycles. The van der Waals surface area contributed by atoms with Crippen LogP contribution in [0.1, 0.15) is 18.4 Å². The Morgan fingerprint density at radius 3 is 2.76 bits per heavy atom. The Morgan fingerprint density at radius 1 is 1.43 bits per heavy atom. The standard InChI is InChI=1S/C13H19Cl2N3O2S/c1-18-4-2-3-11(8-18)17-21(19,20)12-6-10(14)5-9(7-16)13(12)15/h5-6,11,17H,2-4,7-8,16H2,1H3. The number of benzene rings is 1. The third kappa shape index (κ3) is 4.09. The Hall–Kier alpha value is -0.370. The van der Waals surface area contributed by atoms with Gasteiger partial charge in [0.05, 0.1) is 5.02 Å². The molecule has 8 heteroatoms. The van der Waals surface area contributed by atoms with Crippen LogP contribution in [-0.4, -0.2) is 39.5 Å². The van der Waals surface area contributed by atoms with Gasteiger partial charge in [-0.15, -0.1) is 0 Å². The summed E-state index contributed by atoms with van der Waals surface area (Å²) < 4.78 is 27.8. The van der Waals surface area contributed by atoms with Crippen molar-refractivity contribution in [3.8, 4) is 0 Å². The normalized spacial score (nSPS) is 20.7. The van der Waals surface area contributed by atoms with Gasteiger partial charge in [0.2, 0.25) is 10.0 Å². The molecule has 1 aliphatic rings. The minimum absolute atomic E-state index is 0.00894. The third-order valence-electron chi connectivity index (χ3n) is 3.54. The number of piperidine rings is 1. The molecule has 1 saturated heterocycles. The van der Waals surface area contributed by atoms with Crippen LogP contribution >= 0.6 is 23.2 Å². The van der Waals surface area contributed by atoms with E-state index < -0.39 is 10.0 Å². The van der Waals surface area contributed by atoms with Crippen LogP contribution in [0.15, 0.2) is 17.0 Å². The molecule has 1 atom stereocenters. The zero-order chi connectivity index (χ0) is 15.6. The van der Waals surface area contributed by atoms with Crippen LogP contribution < -0.4 is 10.5 Å². The second kappa shape index (κ2) is 6.81. The first-order chi connectivity index (χ1) is 9.83. The number of hydrogen-bond donors (Lipinski definition) is 2. The van der Waals surface area contributed by atoms with E-state index in [0.29, 0.717) is 17.1 Å². The lowest BCUT2D eigenvalue weighted by atomic mass is 10.1. The maximum absolute atomic E-state index is 12.5. The van der Waals surface area contributed by atoms with Crippen molar-refractivity contribution in [2.24, 2.45) is 5.73 Å². The summed E-state index contributed by atoms with van der Waals surface area (Å²) in [6, 6.07) is 2.82. The number of nitrogens with one attached hydrogen (secondary N) is 1. The maximum atomic E-state index is 12.5. The molecule has 3 N–H and O–H groups in total. The Labute approximate surface area is 135 Å². The largest absolute Gasteiger partial charge is 0.326 e. The molecule has 0 radical (unpaired) electrons. The number of halogens is 2. The molecule has 21 heavy (non-hydrogen) atoms. The quantitative estimate of drug-likeness (QED) is 0.867. The summed E-state index contributed by atoms with van der Waals surface area (Å²) in [7, 11) is -1.75. The Balaban J connectivity index is 2.29. The molecular formula is C13H19Cl2N3O2S. The van der Waals surface area contributed by atoms with E-state index in [1.807, 2.05) is 7.05 Å². The van der Waals surface area contributed by atoms with Crippen LogP contribution in [0.5, 0.6) is 0 Å². The van der Waals surface area contributed by atoms with E-state index in [2.05, 4.69) is 9.62 Å². The highest BCUT2D eigenvalue weighted by Gasteiger charge is 2.26. The fourth-order valence-corrected chi connectivity index (χ4v) is 4.71. The first-order valence-electron chi connectivity index (χ1n) is 6.72. The predicted octanol–water partition coefficient (Wildman–Crippen LogP) is 1.82. The highest BCUT2D eigenvalue weighted by atomic mass is 35.5. The van der Waals surface area contributed by atoms with Crippen molar-refractivity contribution in [1.82, 2.24) is 9.62 Å². The van der Waals surface area contributed by atoms with Gasteiger partial charge < -0.3 is 10.6 Å². The molecule has 0 aromatic heterocycles. The van der Waals surface area contributed by atoms with Crippen LogP contribution in [-0.2, 0) is 16.6 Å². The molecule has 1 fully saturated rings. The van der Waals surface area contributed by atoms with Gasteiger partial charge in [-0.25, -0.2) is 13.1 Å². The molecule has 1 aromatic rings. The van der Waals surface area contributed by atoms with Gasteiger partial charge in [0, 0.05) is 24.2 Å². The Kier molecular flexibility index (Phi) is 5.51. The maximum Gasteiger partial charge on any atom is 0.242 e. The van der Waals surface area contributed by atoms with Gasteiger partial charge in [0.1, 0.15) is 4.90 Å². The van der Waals surface area contributed by atoms with E-state index in [1.54, 1.807) is 6.07 Å². The lowest BCUT2D eigenvalue weighted by molar-refractivity contribution is 0.242. The highest BCUT2D eigenvalue weighted by molar-refractivity contribution is 7.89. The van der Waals surface area contributed by atoms with Crippen LogP contribution in [0.2, 0.25) is 10.0 Å². The van der Waals surface area contributed by atoms with E-state index in [-0.39, 0.29) is 22.5 Å². The molecule has 2 rings (SSSR count). The molecule has 0 amide bonds. The summed E-state index contributed by atoms with van der Waals surface area (Å²) in [5.41, 5.74) is 6.09. The summed E-state index contributed by atoms with van der Waals surface area (Å²) in [6.07, 6.45) is 1.77. The molecule has 1 aliphatic heterocycles. The van der Waals surface area contributed by atoms with Crippen molar-refractivity contribution in [1.29, 1.82) is 0 Å². The fraction of sp³-hybridized carbons (Fsp3) is 0.538. The molecule has 118 valence electrons. The lowest BCUT2D eigenvalue weighted by Crippen LogP contribution is -2.46. The Bertz CT molecular complexity index is 622. The zero-order valence-corrected chi connectivity index (χ0v) is 14.1. The number of likely N-dealkylation sites (N-methyl/N-ethyl adjacent to an activating group) is 1. The second-order valence-corrected chi connectivity index (χ2v) is 7.80. The SMILES string of the molecule is CN1CCCC(NS(=O)(=O)c2cc(Cl)cc(CN)c2Cl)C1. The van der Waals surface area contributed by atoms with Crippen molar-refractivity contribution in [2.75, 3.05) is 20.1 Å². The van der Waals surface area contributed by atoms with Crippen molar-refractivity contribution in [3.63, 3.8) is 0 Å². The van der Waals surface area contributed by atoms with E-state index >= 15 is 0 Å². The van der Waals surface area contributed by atoms with Gasteiger partial charge in [-0.3, -0.25) is 0 Å². The zero-order valence-electron chi connectivity index (χ0n) is 11.8. The molecule has 1 unspecified atom stereocenters. The average Bonchev–Trinajstić information content (AvgIpc) is 2.40. The van der Waals surface area contributed by atoms with Crippen LogP contribution in [0.3, 0.4) is 0 Å². The predicted molar refractivity (Wildman–Crippen MR) is 85.2 cm³/mol. The Morgan fingerprint density at radius 2 is 2.14 bits per heavy atom. The highest BCUT2D eigenvalue weighted by Crippen LogP contribution is 2.29. The van der Waals surface area contributed by atoms with Crippen molar-refractivity contribution in [2.45, 2.75) is 30.3 Å². The molecule has 0 aliphatic carbocycles. The molecule has 0 spiro atoms. The van der Waals surface area contributed by atoms with Crippen molar-refractivity contribution >= 4 is 33.2 Å². The second-order valence-electron chi connectivity index (χ2n) is 5.30. The minimum atomic E-state index is -3.72. The number of hydrogen-bond acceptors (Lipinski definition) is 4. The van der Waals surface area contributed by atoms with Gasteiger partial charge in [0.25, 0.3) is 0 Å².